The molecule has 0 aromatic rings. The highest BCUT2D eigenvalue weighted by Gasteiger charge is 1.87. The molecule has 0 aliphatic rings. The first-order valence-electron chi connectivity index (χ1n) is 2.44. The summed E-state index contributed by atoms with van der Waals surface area (Å²) < 4.78 is 0. The van der Waals surface area contributed by atoms with E-state index in [1.54, 1.807) is 6.08 Å². The molecule has 0 aliphatic heterocycles. The first-order valence-corrected chi connectivity index (χ1v) is 2.44. The number of allylic oxidation sites excluding steroid dienone is 1. The maximum Gasteiger partial charge on any atom is 0.230 e. The highest BCUT2D eigenvalue weighted by atomic mass is 16.6. The highest BCUT2D eigenvalue weighted by Crippen LogP contribution is 1.91. The Labute approximate surface area is 48.2 Å². The molecule has 0 fully saturated rings. The lowest BCUT2D eigenvalue weighted by molar-refractivity contribution is -0.402. The van der Waals surface area contributed by atoms with Gasteiger partial charge >= 0.3 is 0 Å². The lowest BCUT2D eigenvalue weighted by Gasteiger charge is -1.86. The van der Waals surface area contributed by atoms with Crippen molar-refractivity contribution in [3.8, 4) is 0 Å². The van der Waals surface area contributed by atoms with Gasteiger partial charge in [-0.15, -0.1) is 0 Å². The Hall–Kier alpha value is -0.860. The van der Waals surface area contributed by atoms with Gasteiger partial charge in [-0.3, -0.25) is 10.1 Å². The van der Waals surface area contributed by atoms with Crippen LogP contribution in [0.4, 0.5) is 0 Å². The standard InChI is InChI=1S/C5H9NO2/c1-5(2)3-4-6(7)8/h3-5H,1-2H3/b4-3+. The molecule has 0 amide bonds. The number of nitro groups is 1. The summed E-state index contributed by atoms with van der Waals surface area (Å²) in [6.45, 7) is 3.78. The SMILES string of the molecule is CC(C)/C=C/[N+](=O)[O-]. The maximum atomic E-state index is 9.62. The van der Waals surface area contributed by atoms with Crippen LogP contribution in [0.25, 0.3) is 0 Å². The third-order valence-corrected chi connectivity index (χ3v) is 0.593. The molecular weight excluding hydrogens is 106 g/mol. The second-order valence-electron chi connectivity index (χ2n) is 1.87. The van der Waals surface area contributed by atoms with E-state index in [0.717, 1.165) is 6.20 Å². The van der Waals surface area contributed by atoms with E-state index in [-0.39, 0.29) is 5.92 Å². The molecule has 3 nitrogen and oxygen atoms in total. The van der Waals surface area contributed by atoms with Crippen LogP contribution in [0.1, 0.15) is 13.8 Å². The molecule has 0 atom stereocenters. The Morgan fingerprint density at radius 1 is 1.62 bits per heavy atom. The van der Waals surface area contributed by atoms with Crippen molar-refractivity contribution in [2.24, 2.45) is 5.92 Å². The van der Waals surface area contributed by atoms with Crippen molar-refractivity contribution >= 4 is 0 Å². The second kappa shape index (κ2) is 3.18. The van der Waals surface area contributed by atoms with Gasteiger partial charge in [0.1, 0.15) is 0 Å². The molecule has 46 valence electrons. The monoisotopic (exact) mass is 115 g/mol. The molecule has 0 unspecified atom stereocenters. The molecule has 0 saturated carbocycles. The average Bonchev–Trinajstić information content (AvgIpc) is 1.61. The van der Waals surface area contributed by atoms with Crippen LogP contribution < -0.4 is 0 Å². The van der Waals surface area contributed by atoms with Crippen molar-refractivity contribution in [3.63, 3.8) is 0 Å². The van der Waals surface area contributed by atoms with Gasteiger partial charge in [0.05, 0.1) is 4.92 Å². The minimum absolute atomic E-state index is 0.264. The number of hydrogen-bond acceptors (Lipinski definition) is 2. The molecule has 0 heterocycles. The fourth-order valence-electron chi connectivity index (χ4n) is 0.242. The minimum Gasteiger partial charge on any atom is -0.259 e. The number of rotatable bonds is 2. The lowest BCUT2D eigenvalue weighted by Crippen LogP contribution is -1.85. The van der Waals surface area contributed by atoms with Gasteiger partial charge in [0.2, 0.25) is 6.20 Å². The highest BCUT2D eigenvalue weighted by molar-refractivity contribution is 4.75. The van der Waals surface area contributed by atoms with Crippen LogP contribution in [-0.2, 0) is 0 Å². The van der Waals surface area contributed by atoms with Crippen molar-refractivity contribution < 1.29 is 4.92 Å². The zero-order valence-electron chi connectivity index (χ0n) is 5.00. The number of hydrogen-bond donors (Lipinski definition) is 0. The van der Waals surface area contributed by atoms with Crippen molar-refractivity contribution in [2.75, 3.05) is 0 Å². The predicted octanol–water partition coefficient (Wildman–Crippen LogP) is 1.43. The summed E-state index contributed by atoms with van der Waals surface area (Å²) in [5, 5.41) is 9.62. The van der Waals surface area contributed by atoms with E-state index in [9.17, 15) is 10.1 Å². The van der Waals surface area contributed by atoms with E-state index < -0.39 is 4.92 Å². The van der Waals surface area contributed by atoms with Crippen molar-refractivity contribution in [1.29, 1.82) is 0 Å². The van der Waals surface area contributed by atoms with E-state index in [2.05, 4.69) is 0 Å². The van der Waals surface area contributed by atoms with Crippen LogP contribution in [0.5, 0.6) is 0 Å². The van der Waals surface area contributed by atoms with Crippen molar-refractivity contribution in [1.82, 2.24) is 0 Å². The van der Waals surface area contributed by atoms with Gasteiger partial charge in [0.25, 0.3) is 0 Å². The van der Waals surface area contributed by atoms with Crippen LogP contribution >= 0.6 is 0 Å². The van der Waals surface area contributed by atoms with E-state index in [0.29, 0.717) is 0 Å². The largest absolute Gasteiger partial charge is 0.259 e. The second-order valence-corrected chi connectivity index (χ2v) is 1.87. The van der Waals surface area contributed by atoms with Gasteiger partial charge in [-0.2, -0.15) is 0 Å². The van der Waals surface area contributed by atoms with Gasteiger partial charge in [-0.05, 0) is 12.0 Å². The fourth-order valence-corrected chi connectivity index (χ4v) is 0.242. The van der Waals surface area contributed by atoms with Gasteiger partial charge in [-0.25, -0.2) is 0 Å². The summed E-state index contributed by atoms with van der Waals surface area (Å²) in [7, 11) is 0. The molecule has 0 rings (SSSR count). The molecule has 0 spiro atoms. The van der Waals surface area contributed by atoms with E-state index >= 15 is 0 Å². The molecule has 0 radical (unpaired) electrons. The van der Waals surface area contributed by atoms with Crippen LogP contribution in [0.3, 0.4) is 0 Å². The summed E-state index contributed by atoms with van der Waals surface area (Å²) in [6, 6.07) is 0. The predicted molar refractivity (Wildman–Crippen MR) is 31.0 cm³/mol. The van der Waals surface area contributed by atoms with Crippen molar-refractivity contribution in [3.05, 3.63) is 22.4 Å². The maximum absolute atomic E-state index is 9.62. The Balaban J connectivity index is 3.50. The van der Waals surface area contributed by atoms with Crippen LogP contribution in [0.2, 0.25) is 0 Å². The van der Waals surface area contributed by atoms with Gasteiger partial charge in [-0.1, -0.05) is 13.8 Å². The third kappa shape index (κ3) is 5.14. The zero-order valence-corrected chi connectivity index (χ0v) is 5.00. The normalized spacial score (nSPS) is 10.9. The summed E-state index contributed by atoms with van der Waals surface area (Å²) in [5.74, 6) is 0.264. The van der Waals surface area contributed by atoms with Crippen LogP contribution in [0.15, 0.2) is 12.3 Å². The van der Waals surface area contributed by atoms with Crippen LogP contribution in [-0.4, -0.2) is 4.92 Å². The Kier molecular flexibility index (Phi) is 2.84. The average molecular weight is 115 g/mol. The molecular formula is C5H9NO2. The summed E-state index contributed by atoms with van der Waals surface area (Å²) in [6.07, 6.45) is 2.50. The molecule has 0 aliphatic carbocycles. The quantitative estimate of drug-likeness (QED) is 0.403. The molecule has 0 aromatic heterocycles. The molecule has 0 aromatic carbocycles. The van der Waals surface area contributed by atoms with Crippen molar-refractivity contribution in [2.45, 2.75) is 13.8 Å². The minimum atomic E-state index is -0.458. The molecule has 3 heteroatoms. The first-order chi connectivity index (χ1) is 3.63. The molecule has 8 heavy (non-hydrogen) atoms. The summed E-state index contributed by atoms with van der Waals surface area (Å²) in [5.41, 5.74) is 0. The van der Waals surface area contributed by atoms with Gasteiger partial charge in [0, 0.05) is 0 Å². The van der Waals surface area contributed by atoms with Gasteiger partial charge in [0.15, 0.2) is 0 Å². The Morgan fingerprint density at radius 3 is 2.25 bits per heavy atom. The van der Waals surface area contributed by atoms with Gasteiger partial charge < -0.3 is 0 Å². The lowest BCUT2D eigenvalue weighted by atomic mass is 10.2. The third-order valence-electron chi connectivity index (χ3n) is 0.593. The van der Waals surface area contributed by atoms with E-state index in [1.807, 2.05) is 13.8 Å². The Bertz CT molecular complexity index is 107. The summed E-state index contributed by atoms with van der Waals surface area (Å²) in [4.78, 5) is 9.16. The van der Waals surface area contributed by atoms with Crippen LogP contribution in [0, 0.1) is 16.0 Å². The topological polar surface area (TPSA) is 43.1 Å². The Morgan fingerprint density at radius 2 is 2.12 bits per heavy atom. The number of nitrogens with zero attached hydrogens (tertiary/aromatic N) is 1. The van der Waals surface area contributed by atoms with E-state index in [1.165, 1.54) is 0 Å². The summed E-state index contributed by atoms with van der Waals surface area (Å²) >= 11 is 0. The van der Waals surface area contributed by atoms with E-state index in [4.69, 9.17) is 0 Å². The molecule has 0 N–H and O–H groups in total. The molecule has 0 saturated heterocycles. The zero-order chi connectivity index (χ0) is 6.57. The fraction of sp³-hybridized carbons (Fsp3) is 0.600. The first kappa shape index (κ1) is 7.14. The smallest absolute Gasteiger partial charge is 0.230 e. The molecule has 0 bridgehead atoms.